The van der Waals surface area contributed by atoms with Crippen LogP contribution in [-0.2, 0) is 9.59 Å². The number of hydrogen-bond acceptors (Lipinski definition) is 2. The summed E-state index contributed by atoms with van der Waals surface area (Å²) >= 11 is 0. The lowest BCUT2D eigenvalue weighted by atomic mass is 9.67. The number of fused-ring (bicyclic) bond motifs is 2. The number of hydrogen-bond donors (Lipinski definition) is 1. The molecule has 0 heterocycles. The van der Waals surface area contributed by atoms with Gasteiger partial charge in [-0.2, -0.15) is 0 Å². The number of ketones is 1. The lowest BCUT2D eigenvalue weighted by Gasteiger charge is -2.36. The highest BCUT2D eigenvalue weighted by atomic mass is 16.2. The lowest BCUT2D eigenvalue weighted by molar-refractivity contribution is -0.136. The molecule has 2 aliphatic carbocycles. The number of carbonyl (C=O) groups is 2. The number of rotatable bonds is 2. The first-order valence-electron chi connectivity index (χ1n) is 7.55. The maximum atomic E-state index is 12.4. The van der Waals surface area contributed by atoms with E-state index in [0.29, 0.717) is 5.78 Å². The predicted octanol–water partition coefficient (Wildman–Crippen LogP) is 3.33. The number of nitrogens with one attached hydrogen (secondary N) is 1. The highest BCUT2D eigenvalue weighted by Gasteiger charge is 2.41. The van der Waals surface area contributed by atoms with E-state index in [9.17, 15) is 9.59 Å². The maximum absolute atomic E-state index is 12.4. The smallest absolute Gasteiger partial charge is 0.227 e. The molecule has 1 aromatic rings. The van der Waals surface area contributed by atoms with Gasteiger partial charge in [-0.25, -0.2) is 0 Å². The summed E-state index contributed by atoms with van der Waals surface area (Å²) in [5.74, 6) is 0.769. The zero-order valence-electron chi connectivity index (χ0n) is 11.9. The molecule has 0 radical (unpaired) electrons. The number of benzene rings is 1. The first-order valence-corrected chi connectivity index (χ1v) is 7.55. The van der Waals surface area contributed by atoms with Crippen molar-refractivity contribution in [2.75, 3.05) is 5.32 Å². The quantitative estimate of drug-likeness (QED) is 0.896. The minimum absolute atomic E-state index is 0.00325. The molecule has 2 fully saturated rings. The van der Waals surface area contributed by atoms with Gasteiger partial charge in [0, 0.05) is 23.4 Å². The molecular formula is C17H21NO2. The van der Waals surface area contributed by atoms with Crippen LogP contribution >= 0.6 is 0 Å². The van der Waals surface area contributed by atoms with Crippen LogP contribution in [0.15, 0.2) is 24.3 Å². The van der Waals surface area contributed by atoms with Gasteiger partial charge in [0.1, 0.15) is 5.78 Å². The third-order valence-corrected chi connectivity index (χ3v) is 4.70. The first kappa shape index (κ1) is 13.3. The second-order valence-electron chi connectivity index (χ2n) is 6.25. The van der Waals surface area contributed by atoms with Gasteiger partial charge in [-0.05, 0) is 50.3 Å². The van der Waals surface area contributed by atoms with E-state index in [4.69, 9.17) is 0 Å². The molecule has 1 aromatic carbocycles. The first-order chi connectivity index (χ1) is 9.63. The topological polar surface area (TPSA) is 46.2 Å². The molecule has 1 N–H and O–H groups in total. The van der Waals surface area contributed by atoms with Crippen molar-refractivity contribution in [3.63, 3.8) is 0 Å². The van der Waals surface area contributed by atoms with Crippen molar-refractivity contribution in [1.82, 2.24) is 0 Å². The van der Waals surface area contributed by atoms with Crippen molar-refractivity contribution in [3.05, 3.63) is 29.8 Å². The van der Waals surface area contributed by atoms with Gasteiger partial charge in [-0.1, -0.05) is 18.6 Å². The summed E-state index contributed by atoms with van der Waals surface area (Å²) in [6.07, 6.45) is 4.58. The summed E-state index contributed by atoms with van der Waals surface area (Å²) in [6.45, 7) is 2.01. The molecule has 3 atom stereocenters. The SMILES string of the molecule is Cc1cccc(NC(=O)C2C[C@H]3CCC[C@@H](C2)C3=O)c1. The molecule has 2 aliphatic rings. The molecule has 2 saturated carbocycles. The molecular weight excluding hydrogens is 250 g/mol. The highest BCUT2D eigenvalue weighted by molar-refractivity contribution is 5.95. The van der Waals surface area contributed by atoms with E-state index in [2.05, 4.69) is 5.32 Å². The molecule has 0 aromatic heterocycles. The van der Waals surface area contributed by atoms with Crippen molar-refractivity contribution >= 4 is 17.4 Å². The van der Waals surface area contributed by atoms with E-state index < -0.39 is 0 Å². The zero-order chi connectivity index (χ0) is 14.1. The Bertz CT molecular complexity index is 522. The standard InChI is InChI=1S/C17H21NO2/c1-11-4-2-7-15(8-11)18-17(20)14-9-12-5-3-6-13(10-14)16(12)19/h2,4,7-8,12-14H,3,5-6,9-10H2,1H3,(H,18,20)/t12-,13+,14?. The summed E-state index contributed by atoms with van der Waals surface area (Å²) in [4.78, 5) is 24.4. The van der Waals surface area contributed by atoms with Crippen molar-refractivity contribution in [2.45, 2.75) is 39.0 Å². The van der Waals surface area contributed by atoms with Crippen molar-refractivity contribution in [1.29, 1.82) is 0 Å². The van der Waals surface area contributed by atoms with E-state index in [0.717, 1.165) is 43.4 Å². The van der Waals surface area contributed by atoms with Crippen LogP contribution in [0.2, 0.25) is 0 Å². The van der Waals surface area contributed by atoms with Crippen LogP contribution < -0.4 is 5.32 Å². The maximum Gasteiger partial charge on any atom is 0.227 e. The van der Waals surface area contributed by atoms with Crippen LogP contribution in [-0.4, -0.2) is 11.7 Å². The summed E-state index contributed by atoms with van der Waals surface area (Å²) < 4.78 is 0. The number of Topliss-reactive ketones (excluding diaryl/α,β-unsaturated/α-hetero) is 1. The van der Waals surface area contributed by atoms with Gasteiger partial charge in [0.25, 0.3) is 0 Å². The molecule has 3 rings (SSSR count). The minimum Gasteiger partial charge on any atom is -0.326 e. The van der Waals surface area contributed by atoms with E-state index in [1.807, 2.05) is 31.2 Å². The van der Waals surface area contributed by atoms with Crippen molar-refractivity contribution < 1.29 is 9.59 Å². The fourth-order valence-electron chi connectivity index (χ4n) is 3.66. The second kappa shape index (κ2) is 5.39. The predicted molar refractivity (Wildman–Crippen MR) is 78.4 cm³/mol. The fraction of sp³-hybridized carbons (Fsp3) is 0.529. The minimum atomic E-state index is 0.00325. The Labute approximate surface area is 119 Å². The van der Waals surface area contributed by atoms with Gasteiger partial charge in [0.2, 0.25) is 5.91 Å². The van der Waals surface area contributed by atoms with Gasteiger partial charge in [0.05, 0.1) is 0 Å². The van der Waals surface area contributed by atoms with Gasteiger partial charge in [0.15, 0.2) is 0 Å². The second-order valence-corrected chi connectivity index (χ2v) is 6.25. The number of aryl methyl sites for hydroxylation is 1. The number of carbonyl (C=O) groups excluding carboxylic acids is 2. The van der Waals surface area contributed by atoms with Gasteiger partial charge in [-0.3, -0.25) is 9.59 Å². The fourth-order valence-corrected chi connectivity index (χ4v) is 3.66. The van der Waals surface area contributed by atoms with Crippen LogP contribution in [0, 0.1) is 24.7 Å². The summed E-state index contributed by atoms with van der Waals surface area (Å²) in [5.41, 5.74) is 2.00. The van der Waals surface area contributed by atoms with Crippen molar-refractivity contribution in [2.24, 2.45) is 17.8 Å². The van der Waals surface area contributed by atoms with Crippen LogP contribution in [0.4, 0.5) is 5.69 Å². The van der Waals surface area contributed by atoms with Crippen LogP contribution in [0.25, 0.3) is 0 Å². The molecule has 2 bridgehead atoms. The Balaban J connectivity index is 1.67. The number of amides is 1. The zero-order valence-corrected chi connectivity index (χ0v) is 11.9. The molecule has 0 aliphatic heterocycles. The lowest BCUT2D eigenvalue weighted by Crippen LogP contribution is -2.40. The Hall–Kier alpha value is -1.64. The van der Waals surface area contributed by atoms with E-state index in [-0.39, 0.29) is 23.7 Å². The normalized spacial score (nSPS) is 29.1. The summed E-state index contributed by atoms with van der Waals surface area (Å²) in [6, 6.07) is 7.86. The van der Waals surface area contributed by atoms with Gasteiger partial charge < -0.3 is 5.32 Å². The van der Waals surface area contributed by atoms with Crippen LogP contribution in [0.1, 0.15) is 37.7 Å². The van der Waals surface area contributed by atoms with E-state index >= 15 is 0 Å². The Morgan fingerprint density at radius 3 is 2.55 bits per heavy atom. The molecule has 0 spiro atoms. The third kappa shape index (κ3) is 2.62. The molecule has 0 saturated heterocycles. The number of anilines is 1. The summed E-state index contributed by atoms with van der Waals surface area (Å²) in [7, 11) is 0. The van der Waals surface area contributed by atoms with E-state index in [1.54, 1.807) is 0 Å². The third-order valence-electron chi connectivity index (χ3n) is 4.70. The molecule has 106 valence electrons. The molecule has 1 amide bonds. The van der Waals surface area contributed by atoms with Crippen molar-refractivity contribution in [3.8, 4) is 0 Å². The van der Waals surface area contributed by atoms with Gasteiger partial charge >= 0.3 is 0 Å². The molecule has 1 unspecified atom stereocenters. The van der Waals surface area contributed by atoms with Gasteiger partial charge in [-0.15, -0.1) is 0 Å². The summed E-state index contributed by atoms with van der Waals surface area (Å²) in [5, 5.41) is 3.01. The molecule has 3 nitrogen and oxygen atoms in total. The Morgan fingerprint density at radius 2 is 1.90 bits per heavy atom. The average Bonchev–Trinajstić information content (AvgIpc) is 2.38. The van der Waals surface area contributed by atoms with Crippen LogP contribution in [0.5, 0.6) is 0 Å². The highest BCUT2D eigenvalue weighted by Crippen LogP contribution is 2.40. The van der Waals surface area contributed by atoms with E-state index in [1.165, 1.54) is 0 Å². The largest absolute Gasteiger partial charge is 0.326 e. The average molecular weight is 271 g/mol. The Morgan fingerprint density at radius 1 is 1.20 bits per heavy atom. The monoisotopic (exact) mass is 271 g/mol. The molecule has 20 heavy (non-hydrogen) atoms. The van der Waals surface area contributed by atoms with Crippen LogP contribution in [0.3, 0.4) is 0 Å². The Kier molecular flexibility index (Phi) is 3.60. The molecule has 3 heteroatoms.